The quantitative estimate of drug-likeness (QED) is 0.862. The number of piperidine rings is 1. The highest BCUT2D eigenvalue weighted by atomic mass is 19.4. The van der Waals surface area contributed by atoms with Crippen LogP contribution in [0.5, 0.6) is 0 Å². The highest BCUT2D eigenvalue weighted by Gasteiger charge is 2.39. The molecule has 2 atom stereocenters. The molecule has 4 nitrogen and oxygen atoms in total. The molecule has 1 fully saturated rings. The third-order valence-electron chi connectivity index (χ3n) is 4.92. The molecule has 2 unspecified atom stereocenters. The normalized spacial score (nSPS) is 19.6. The highest BCUT2D eigenvalue weighted by Crippen LogP contribution is 2.39. The Morgan fingerprint density at radius 1 is 1.22 bits per heavy atom. The number of aryl methyl sites for hydroxylation is 1. The summed E-state index contributed by atoms with van der Waals surface area (Å²) in [4.78, 5) is 17.7. The summed E-state index contributed by atoms with van der Waals surface area (Å²) in [6.45, 7) is 2.50. The van der Waals surface area contributed by atoms with Crippen LogP contribution in [-0.2, 0) is 11.0 Å². The van der Waals surface area contributed by atoms with Gasteiger partial charge < -0.3 is 5.11 Å². The number of pyridine rings is 1. The molecule has 144 valence electrons. The number of halogens is 3. The smallest absolute Gasteiger partial charge is 0.416 e. The molecular formula is C20H21F3N2O2. The van der Waals surface area contributed by atoms with Gasteiger partial charge in [-0.3, -0.25) is 14.7 Å². The first-order chi connectivity index (χ1) is 12.8. The minimum absolute atomic E-state index is 0.106. The number of carboxylic acids is 1. The number of nitrogens with zero attached hydrogens (tertiary/aromatic N) is 2. The van der Waals surface area contributed by atoms with E-state index in [1.165, 1.54) is 12.1 Å². The Morgan fingerprint density at radius 3 is 2.63 bits per heavy atom. The van der Waals surface area contributed by atoms with Crippen molar-refractivity contribution in [2.24, 2.45) is 5.92 Å². The molecule has 0 aliphatic carbocycles. The van der Waals surface area contributed by atoms with E-state index in [2.05, 4.69) is 4.98 Å². The minimum Gasteiger partial charge on any atom is -0.481 e. The van der Waals surface area contributed by atoms with Crippen LogP contribution in [0, 0.1) is 12.8 Å². The van der Waals surface area contributed by atoms with E-state index in [0.29, 0.717) is 30.8 Å². The van der Waals surface area contributed by atoms with Crippen molar-refractivity contribution in [1.82, 2.24) is 9.88 Å². The zero-order chi connectivity index (χ0) is 19.6. The number of alkyl halides is 3. The maximum atomic E-state index is 13.6. The third kappa shape index (κ3) is 4.30. The van der Waals surface area contributed by atoms with E-state index in [1.807, 2.05) is 4.90 Å². The first-order valence-electron chi connectivity index (χ1n) is 8.84. The number of rotatable bonds is 4. The van der Waals surface area contributed by atoms with Gasteiger partial charge in [0.15, 0.2) is 0 Å². The fourth-order valence-electron chi connectivity index (χ4n) is 3.70. The standard InChI is InChI=1S/C20H21F3N2O2/c1-13-6-4-10-17(24-13)18(25-11-5-7-14(12-25)19(26)27)15-8-2-3-9-16(15)20(21,22)23/h2-4,6,8-10,14,18H,5,7,11-12H2,1H3,(H,26,27). The molecule has 1 saturated heterocycles. The summed E-state index contributed by atoms with van der Waals surface area (Å²) >= 11 is 0. The van der Waals surface area contributed by atoms with Gasteiger partial charge in [0.25, 0.3) is 0 Å². The Hall–Kier alpha value is -2.41. The summed E-state index contributed by atoms with van der Waals surface area (Å²) in [6.07, 6.45) is -3.35. The molecule has 2 heterocycles. The molecule has 3 rings (SSSR count). The first kappa shape index (κ1) is 19.4. The van der Waals surface area contributed by atoms with Gasteiger partial charge in [-0.15, -0.1) is 0 Å². The van der Waals surface area contributed by atoms with Crippen LogP contribution in [0.25, 0.3) is 0 Å². The van der Waals surface area contributed by atoms with Crippen molar-refractivity contribution in [3.8, 4) is 0 Å². The number of aromatic nitrogens is 1. The summed E-state index contributed by atoms with van der Waals surface area (Å²) < 4.78 is 40.9. The van der Waals surface area contributed by atoms with Crippen LogP contribution >= 0.6 is 0 Å². The van der Waals surface area contributed by atoms with E-state index in [1.54, 1.807) is 31.2 Å². The average Bonchev–Trinajstić information content (AvgIpc) is 2.62. The summed E-state index contributed by atoms with van der Waals surface area (Å²) in [5.74, 6) is -1.51. The van der Waals surface area contributed by atoms with Crippen LogP contribution in [0.3, 0.4) is 0 Å². The Balaban J connectivity index is 2.11. The summed E-state index contributed by atoms with van der Waals surface area (Å²) in [6, 6.07) is 9.97. The van der Waals surface area contributed by atoms with Gasteiger partial charge in [0, 0.05) is 12.2 Å². The predicted octanol–water partition coefficient (Wildman–Crippen LogP) is 4.29. The van der Waals surface area contributed by atoms with Crippen LogP contribution in [0.1, 0.15) is 41.4 Å². The number of benzene rings is 1. The summed E-state index contributed by atoms with van der Waals surface area (Å²) in [7, 11) is 0. The van der Waals surface area contributed by atoms with Crippen LogP contribution in [-0.4, -0.2) is 34.0 Å². The van der Waals surface area contributed by atoms with Gasteiger partial charge in [0.2, 0.25) is 0 Å². The van der Waals surface area contributed by atoms with E-state index >= 15 is 0 Å². The van der Waals surface area contributed by atoms with Gasteiger partial charge >= 0.3 is 12.1 Å². The Bertz CT molecular complexity index is 823. The molecule has 0 radical (unpaired) electrons. The molecule has 1 aliphatic heterocycles. The van der Waals surface area contributed by atoms with Crippen molar-refractivity contribution in [3.05, 3.63) is 65.0 Å². The van der Waals surface area contributed by atoms with Gasteiger partial charge in [-0.25, -0.2) is 0 Å². The first-order valence-corrected chi connectivity index (χ1v) is 8.84. The SMILES string of the molecule is Cc1cccc(C(c2ccccc2C(F)(F)F)N2CCCC(C(=O)O)C2)n1. The summed E-state index contributed by atoms with van der Waals surface area (Å²) in [5.41, 5.74) is 0.594. The van der Waals surface area contributed by atoms with Crippen molar-refractivity contribution >= 4 is 5.97 Å². The van der Waals surface area contributed by atoms with Crippen LogP contribution in [0.15, 0.2) is 42.5 Å². The van der Waals surface area contributed by atoms with E-state index in [0.717, 1.165) is 6.07 Å². The fraction of sp³-hybridized carbons (Fsp3) is 0.400. The van der Waals surface area contributed by atoms with Gasteiger partial charge in [0.05, 0.1) is 23.2 Å². The van der Waals surface area contributed by atoms with Crippen molar-refractivity contribution in [1.29, 1.82) is 0 Å². The van der Waals surface area contributed by atoms with E-state index in [9.17, 15) is 23.1 Å². The lowest BCUT2D eigenvalue weighted by Crippen LogP contribution is -2.42. The Labute approximate surface area is 155 Å². The van der Waals surface area contributed by atoms with Crippen molar-refractivity contribution < 1.29 is 23.1 Å². The van der Waals surface area contributed by atoms with Crippen molar-refractivity contribution in [2.75, 3.05) is 13.1 Å². The second-order valence-corrected chi connectivity index (χ2v) is 6.86. The zero-order valence-electron chi connectivity index (χ0n) is 14.9. The molecule has 1 aliphatic rings. The monoisotopic (exact) mass is 378 g/mol. The number of hydrogen-bond donors (Lipinski definition) is 1. The van der Waals surface area contributed by atoms with Crippen LogP contribution in [0.4, 0.5) is 13.2 Å². The maximum absolute atomic E-state index is 13.6. The molecule has 0 amide bonds. The fourth-order valence-corrected chi connectivity index (χ4v) is 3.70. The van der Waals surface area contributed by atoms with Gasteiger partial charge in [-0.05, 0) is 50.1 Å². The number of likely N-dealkylation sites (tertiary alicyclic amines) is 1. The number of carbonyl (C=O) groups is 1. The molecule has 1 N–H and O–H groups in total. The highest BCUT2D eigenvalue weighted by molar-refractivity contribution is 5.70. The van der Waals surface area contributed by atoms with Gasteiger partial charge in [-0.2, -0.15) is 13.2 Å². The lowest BCUT2D eigenvalue weighted by atomic mass is 9.91. The second kappa shape index (κ2) is 7.68. The molecule has 0 bridgehead atoms. The van der Waals surface area contributed by atoms with Crippen LogP contribution < -0.4 is 0 Å². The predicted molar refractivity (Wildman–Crippen MR) is 94.2 cm³/mol. The average molecular weight is 378 g/mol. The van der Waals surface area contributed by atoms with E-state index in [-0.39, 0.29) is 12.1 Å². The minimum atomic E-state index is -4.50. The molecule has 2 aromatic rings. The largest absolute Gasteiger partial charge is 0.481 e. The third-order valence-corrected chi connectivity index (χ3v) is 4.92. The van der Waals surface area contributed by atoms with E-state index in [4.69, 9.17) is 0 Å². The second-order valence-electron chi connectivity index (χ2n) is 6.86. The van der Waals surface area contributed by atoms with Gasteiger partial charge in [-0.1, -0.05) is 24.3 Å². The van der Waals surface area contributed by atoms with Gasteiger partial charge in [0.1, 0.15) is 0 Å². The molecule has 1 aromatic carbocycles. The molecule has 0 saturated carbocycles. The maximum Gasteiger partial charge on any atom is 0.416 e. The van der Waals surface area contributed by atoms with Crippen LogP contribution in [0.2, 0.25) is 0 Å². The van der Waals surface area contributed by atoms with Crippen molar-refractivity contribution in [2.45, 2.75) is 32.0 Å². The number of aliphatic carboxylic acids is 1. The number of carboxylic acid groups (broad SMARTS) is 1. The molecule has 7 heteroatoms. The Morgan fingerprint density at radius 2 is 1.96 bits per heavy atom. The lowest BCUT2D eigenvalue weighted by Gasteiger charge is -2.38. The van der Waals surface area contributed by atoms with Crippen molar-refractivity contribution in [3.63, 3.8) is 0 Å². The Kier molecular flexibility index (Phi) is 5.51. The van der Waals surface area contributed by atoms with E-state index < -0.39 is 29.7 Å². The summed E-state index contributed by atoms with van der Waals surface area (Å²) in [5, 5.41) is 9.38. The number of hydrogen-bond acceptors (Lipinski definition) is 3. The lowest BCUT2D eigenvalue weighted by molar-refractivity contribution is -0.144. The molecular weight excluding hydrogens is 357 g/mol. The zero-order valence-corrected chi connectivity index (χ0v) is 14.9. The topological polar surface area (TPSA) is 53.4 Å². The molecule has 1 aromatic heterocycles. The molecule has 0 spiro atoms. The molecule has 27 heavy (non-hydrogen) atoms.